The van der Waals surface area contributed by atoms with E-state index < -0.39 is 0 Å². The van der Waals surface area contributed by atoms with Crippen LogP contribution in [0.4, 0.5) is 0 Å². The summed E-state index contributed by atoms with van der Waals surface area (Å²) in [4.78, 5) is 0. The minimum atomic E-state index is -0.246. The van der Waals surface area contributed by atoms with Crippen LogP contribution in [0.5, 0.6) is 0 Å². The van der Waals surface area contributed by atoms with E-state index in [1.165, 1.54) is 0 Å². The van der Waals surface area contributed by atoms with Crippen LogP contribution in [0, 0.1) is 5.41 Å². The Morgan fingerprint density at radius 2 is 1.87 bits per heavy atom. The lowest BCUT2D eigenvalue weighted by Gasteiger charge is -2.30. The normalized spacial score (nSPS) is 17.8. The summed E-state index contributed by atoms with van der Waals surface area (Å²) >= 11 is 0. The molecule has 0 bridgehead atoms. The van der Waals surface area contributed by atoms with E-state index in [1.54, 1.807) is 14.2 Å². The van der Waals surface area contributed by atoms with Crippen LogP contribution in [0.2, 0.25) is 0 Å². The molecule has 2 atom stereocenters. The number of nitrogens with one attached hydrogen (secondary N) is 1. The predicted molar refractivity (Wildman–Crippen MR) is 60.8 cm³/mol. The van der Waals surface area contributed by atoms with Gasteiger partial charge in [0.2, 0.25) is 0 Å². The van der Waals surface area contributed by atoms with Crippen LogP contribution in [-0.4, -0.2) is 44.8 Å². The number of methoxy groups -OCH3 is 2. The summed E-state index contributed by atoms with van der Waals surface area (Å²) < 4.78 is 10.3. The van der Waals surface area contributed by atoms with Gasteiger partial charge in [0.15, 0.2) is 6.29 Å². The highest BCUT2D eigenvalue weighted by molar-refractivity contribution is 4.77. The molecular formula is C11H25NO3. The molecule has 0 rings (SSSR count). The minimum Gasteiger partial charge on any atom is -0.396 e. The number of aliphatic hydroxyl groups excluding tert-OH is 1. The Bertz CT molecular complexity index is 156. The van der Waals surface area contributed by atoms with Gasteiger partial charge in [-0.3, -0.25) is 0 Å². The maximum Gasteiger partial charge on any atom is 0.171 e. The number of aliphatic hydroxyl groups is 1. The molecule has 0 spiro atoms. The van der Waals surface area contributed by atoms with Crippen molar-refractivity contribution >= 4 is 0 Å². The molecule has 0 aliphatic heterocycles. The molecule has 2 N–H and O–H groups in total. The molecule has 0 aliphatic carbocycles. The van der Waals surface area contributed by atoms with Gasteiger partial charge >= 0.3 is 0 Å². The average molecular weight is 219 g/mol. The molecule has 4 nitrogen and oxygen atoms in total. The first-order valence-electron chi connectivity index (χ1n) is 5.42. The van der Waals surface area contributed by atoms with Crippen LogP contribution >= 0.6 is 0 Å². The van der Waals surface area contributed by atoms with Gasteiger partial charge in [-0.1, -0.05) is 13.8 Å². The van der Waals surface area contributed by atoms with Gasteiger partial charge in [0.05, 0.1) is 6.04 Å². The van der Waals surface area contributed by atoms with E-state index >= 15 is 0 Å². The second-order valence-corrected chi connectivity index (χ2v) is 4.33. The summed E-state index contributed by atoms with van der Waals surface area (Å²) in [7, 11) is 3.24. The van der Waals surface area contributed by atoms with Crippen molar-refractivity contribution in [3.8, 4) is 0 Å². The lowest BCUT2D eigenvalue weighted by molar-refractivity contribution is -0.120. The summed E-state index contributed by atoms with van der Waals surface area (Å²) in [5.74, 6) is 0. The highest BCUT2D eigenvalue weighted by Gasteiger charge is 2.23. The number of rotatable bonds is 8. The van der Waals surface area contributed by atoms with Crippen molar-refractivity contribution in [2.24, 2.45) is 5.41 Å². The van der Waals surface area contributed by atoms with Crippen molar-refractivity contribution in [1.29, 1.82) is 0 Å². The maximum atomic E-state index is 9.25. The molecule has 0 heterocycles. The number of ether oxygens (including phenoxy) is 2. The van der Waals surface area contributed by atoms with Gasteiger partial charge in [-0.2, -0.15) is 0 Å². The molecule has 4 heteroatoms. The fourth-order valence-corrected chi connectivity index (χ4v) is 1.30. The maximum absolute atomic E-state index is 9.25. The highest BCUT2D eigenvalue weighted by atomic mass is 16.7. The molecule has 0 amide bonds. The summed E-state index contributed by atoms with van der Waals surface area (Å²) in [6, 6.07) is 0.109. The quantitative estimate of drug-likeness (QED) is 0.598. The minimum absolute atomic E-state index is 0.0692. The standard InChI is InChI=1S/C11H25NO3/c1-6-11(3,8-13)7-12-9(2)10(14-4)15-5/h9-10,12-13H,6-8H2,1-5H3. The summed E-state index contributed by atoms with van der Waals surface area (Å²) in [5.41, 5.74) is -0.0692. The Morgan fingerprint density at radius 1 is 1.33 bits per heavy atom. The Kier molecular flexibility index (Phi) is 7.09. The van der Waals surface area contributed by atoms with E-state index in [1.807, 2.05) is 6.92 Å². The summed E-state index contributed by atoms with van der Waals surface area (Å²) in [6.45, 7) is 7.08. The lowest BCUT2D eigenvalue weighted by Crippen LogP contribution is -2.45. The van der Waals surface area contributed by atoms with Gasteiger partial charge in [0, 0.05) is 32.8 Å². The molecule has 0 radical (unpaired) electrons. The molecule has 2 unspecified atom stereocenters. The smallest absolute Gasteiger partial charge is 0.171 e. The van der Waals surface area contributed by atoms with Crippen molar-refractivity contribution < 1.29 is 14.6 Å². The highest BCUT2D eigenvalue weighted by Crippen LogP contribution is 2.18. The van der Waals surface area contributed by atoms with Gasteiger partial charge in [-0.05, 0) is 13.3 Å². The van der Waals surface area contributed by atoms with Gasteiger partial charge in [0.1, 0.15) is 0 Å². The van der Waals surface area contributed by atoms with Gasteiger partial charge in [-0.25, -0.2) is 0 Å². The van der Waals surface area contributed by atoms with Gasteiger partial charge in [-0.15, -0.1) is 0 Å². The SMILES string of the molecule is CCC(C)(CO)CNC(C)C(OC)OC. The molecule has 0 saturated heterocycles. The topological polar surface area (TPSA) is 50.7 Å². The zero-order chi connectivity index (χ0) is 11.9. The van der Waals surface area contributed by atoms with Crippen molar-refractivity contribution in [1.82, 2.24) is 5.32 Å². The number of hydrogen-bond acceptors (Lipinski definition) is 4. The number of hydrogen-bond donors (Lipinski definition) is 2. The largest absolute Gasteiger partial charge is 0.396 e. The molecule has 15 heavy (non-hydrogen) atoms. The van der Waals surface area contributed by atoms with Crippen molar-refractivity contribution in [3.05, 3.63) is 0 Å². The van der Waals surface area contributed by atoms with Crippen LogP contribution < -0.4 is 5.32 Å². The summed E-state index contributed by atoms with van der Waals surface area (Å²) in [5, 5.41) is 12.6. The third kappa shape index (κ3) is 4.93. The van der Waals surface area contributed by atoms with E-state index in [0.717, 1.165) is 13.0 Å². The Hall–Kier alpha value is -0.160. The zero-order valence-electron chi connectivity index (χ0n) is 10.5. The van der Waals surface area contributed by atoms with E-state index in [2.05, 4.69) is 19.2 Å². The zero-order valence-corrected chi connectivity index (χ0v) is 10.5. The van der Waals surface area contributed by atoms with Crippen LogP contribution in [0.3, 0.4) is 0 Å². The van der Waals surface area contributed by atoms with Crippen LogP contribution in [0.1, 0.15) is 27.2 Å². The molecule has 0 aliphatic rings. The molecular weight excluding hydrogens is 194 g/mol. The van der Waals surface area contributed by atoms with Crippen molar-refractivity contribution in [2.45, 2.75) is 39.5 Å². The van der Waals surface area contributed by atoms with Crippen LogP contribution in [0.25, 0.3) is 0 Å². The Balaban J connectivity index is 4.02. The fourth-order valence-electron chi connectivity index (χ4n) is 1.30. The van der Waals surface area contributed by atoms with Gasteiger partial charge in [0.25, 0.3) is 0 Å². The Labute approximate surface area is 93.0 Å². The fraction of sp³-hybridized carbons (Fsp3) is 1.00. The van der Waals surface area contributed by atoms with E-state index in [9.17, 15) is 5.11 Å². The first-order valence-corrected chi connectivity index (χ1v) is 5.42. The van der Waals surface area contributed by atoms with E-state index in [4.69, 9.17) is 9.47 Å². The second kappa shape index (κ2) is 7.17. The molecule has 92 valence electrons. The van der Waals surface area contributed by atoms with Crippen molar-refractivity contribution in [2.75, 3.05) is 27.4 Å². The predicted octanol–water partition coefficient (Wildman–Crippen LogP) is 0.992. The van der Waals surface area contributed by atoms with Crippen molar-refractivity contribution in [3.63, 3.8) is 0 Å². The Morgan fingerprint density at radius 3 is 2.20 bits per heavy atom. The first kappa shape index (κ1) is 14.8. The van der Waals surface area contributed by atoms with Crippen LogP contribution in [0.15, 0.2) is 0 Å². The van der Waals surface area contributed by atoms with Gasteiger partial charge < -0.3 is 19.9 Å². The molecule has 0 saturated carbocycles. The van der Waals surface area contributed by atoms with Crippen LogP contribution in [-0.2, 0) is 9.47 Å². The van der Waals surface area contributed by atoms with E-state index in [-0.39, 0.29) is 24.4 Å². The molecule has 0 aromatic rings. The summed E-state index contributed by atoms with van der Waals surface area (Å²) in [6.07, 6.45) is 0.693. The molecule has 0 fully saturated rings. The third-order valence-corrected chi connectivity index (χ3v) is 2.96. The average Bonchev–Trinajstić information content (AvgIpc) is 2.27. The second-order valence-electron chi connectivity index (χ2n) is 4.33. The monoisotopic (exact) mass is 219 g/mol. The lowest BCUT2D eigenvalue weighted by atomic mass is 9.88. The third-order valence-electron chi connectivity index (χ3n) is 2.96. The first-order chi connectivity index (χ1) is 7.02. The molecule has 0 aromatic carbocycles. The van der Waals surface area contributed by atoms with E-state index in [0.29, 0.717) is 0 Å². The molecule has 0 aromatic heterocycles.